The van der Waals surface area contributed by atoms with Crippen LogP contribution in [0.25, 0.3) is 0 Å². The molecule has 0 amide bonds. The molecule has 3 nitrogen and oxygen atoms in total. The maximum atomic E-state index is 5.84. The summed E-state index contributed by atoms with van der Waals surface area (Å²) in [6.45, 7) is 12.1. The minimum Gasteiger partial charge on any atom is -0.488 e. The Hall–Kier alpha value is -1.06. The third-order valence-corrected chi connectivity index (χ3v) is 3.50. The van der Waals surface area contributed by atoms with E-state index in [-0.39, 0.29) is 5.60 Å². The van der Waals surface area contributed by atoms with Crippen molar-refractivity contribution in [1.29, 1.82) is 0 Å². The molecule has 1 saturated heterocycles. The highest BCUT2D eigenvalue weighted by atomic mass is 16.5. The Labute approximate surface area is 123 Å². The highest BCUT2D eigenvalue weighted by molar-refractivity contribution is 5.27. The van der Waals surface area contributed by atoms with Crippen LogP contribution in [-0.2, 0) is 6.42 Å². The molecule has 0 atom stereocenters. The van der Waals surface area contributed by atoms with E-state index in [4.69, 9.17) is 4.74 Å². The fourth-order valence-corrected chi connectivity index (χ4v) is 2.52. The fourth-order valence-electron chi connectivity index (χ4n) is 2.52. The standard InChI is InChI=1S/C17H28N2O/c1-17(2,3)20-16-8-6-15(7-9-16)5-4-12-19-13-10-18-11-14-19/h6-9,18H,4-5,10-14H2,1-3H3. The van der Waals surface area contributed by atoms with E-state index in [0.717, 1.165) is 25.3 Å². The molecule has 0 spiro atoms. The number of nitrogens with one attached hydrogen (secondary N) is 1. The Balaban J connectivity index is 1.73. The van der Waals surface area contributed by atoms with E-state index < -0.39 is 0 Å². The zero-order valence-corrected chi connectivity index (χ0v) is 13.1. The van der Waals surface area contributed by atoms with Gasteiger partial charge in [-0.2, -0.15) is 0 Å². The molecular weight excluding hydrogens is 248 g/mol. The van der Waals surface area contributed by atoms with Crippen LogP contribution in [0.15, 0.2) is 24.3 Å². The van der Waals surface area contributed by atoms with Crippen LogP contribution in [0.1, 0.15) is 32.8 Å². The SMILES string of the molecule is CC(C)(C)Oc1ccc(CCCN2CCNCC2)cc1. The van der Waals surface area contributed by atoms with Gasteiger partial charge in [-0.15, -0.1) is 0 Å². The van der Waals surface area contributed by atoms with E-state index >= 15 is 0 Å². The number of ether oxygens (including phenoxy) is 1. The molecule has 112 valence electrons. The predicted molar refractivity (Wildman–Crippen MR) is 84.5 cm³/mol. The number of nitrogens with zero attached hydrogens (tertiary/aromatic N) is 1. The summed E-state index contributed by atoms with van der Waals surface area (Å²) in [5.74, 6) is 0.961. The molecule has 0 bridgehead atoms. The number of rotatable bonds is 5. The highest BCUT2D eigenvalue weighted by Crippen LogP contribution is 2.19. The third kappa shape index (κ3) is 5.51. The molecule has 0 radical (unpaired) electrons. The van der Waals surface area contributed by atoms with Gasteiger partial charge in [-0.25, -0.2) is 0 Å². The normalized spacial score (nSPS) is 17.1. The summed E-state index contributed by atoms with van der Waals surface area (Å²) in [4.78, 5) is 2.55. The topological polar surface area (TPSA) is 24.5 Å². The van der Waals surface area contributed by atoms with Crippen molar-refractivity contribution in [2.75, 3.05) is 32.7 Å². The molecule has 1 aromatic carbocycles. The van der Waals surface area contributed by atoms with E-state index in [1.54, 1.807) is 0 Å². The number of hydrogen-bond donors (Lipinski definition) is 1. The molecule has 1 aliphatic rings. The van der Waals surface area contributed by atoms with Crippen LogP contribution in [-0.4, -0.2) is 43.2 Å². The summed E-state index contributed by atoms with van der Waals surface area (Å²) < 4.78 is 5.84. The average molecular weight is 276 g/mol. The minimum atomic E-state index is -0.121. The van der Waals surface area contributed by atoms with Gasteiger partial charge in [0.15, 0.2) is 0 Å². The van der Waals surface area contributed by atoms with Crippen molar-refractivity contribution >= 4 is 0 Å². The van der Waals surface area contributed by atoms with Crippen molar-refractivity contribution in [3.05, 3.63) is 29.8 Å². The summed E-state index contributed by atoms with van der Waals surface area (Å²) in [7, 11) is 0. The van der Waals surface area contributed by atoms with E-state index in [2.05, 4.69) is 55.3 Å². The molecule has 0 aromatic heterocycles. The van der Waals surface area contributed by atoms with E-state index in [0.29, 0.717) is 0 Å². The van der Waals surface area contributed by atoms with Crippen LogP contribution in [0.2, 0.25) is 0 Å². The van der Waals surface area contributed by atoms with Crippen LogP contribution in [0.5, 0.6) is 5.75 Å². The van der Waals surface area contributed by atoms with Crippen molar-refractivity contribution < 1.29 is 4.74 Å². The summed E-state index contributed by atoms with van der Waals surface area (Å²) in [5.41, 5.74) is 1.28. The van der Waals surface area contributed by atoms with Gasteiger partial charge in [-0.3, -0.25) is 0 Å². The number of aryl methyl sites for hydroxylation is 1. The van der Waals surface area contributed by atoms with Crippen LogP contribution >= 0.6 is 0 Å². The second kappa shape index (κ2) is 7.09. The van der Waals surface area contributed by atoms with Gasteiger partial charge in [0, 0.05) is 26.2 Å². The molecule has 3 heteroatoms. The van der Waals surface area contributed by atoms with Gasteiger partial charge >= 0.3 is 0 Å². The van der Waals surface area contributed by atoms with Crippen molar-refractivity contribution in [3.63, 3.8) is 0 Å². The molecule has 1 fully saturated rings. The van der Waals surface area contributed by atoms with Gasteiger partial charge in [0.25, 0.3) is 0 Å². The van der Waals surface area contributed by atoms with Gasteiger partial charge in [0.1, 0.15) is 11.4 Å². The highest BCUT2D eigenvalue weighted by Gasteiger charge is 2.11. The van der Waals surface area contributed by atoms with Gasteiger partial charge in [-0.05, 0) is 57.9 Å². The summed E-state index contributed by atoms with van der Waals surface area (Å²) in [6.07, 6.45) is 2.39. The number of benzene rings is 1. The Morgan fingerprint density at radius 2 is 1.75 bits per heavy atom. The monoisotopic (exact) mass is 276 g/mol. The molecule has 1 aliphatic heterocycles. The first-order chi connectivity index (χ1) is 9.53. The van der Waals surface area contributed by atoms with Crippen molar-refractivity contribution in [2.24, 2.45) is 0 Å². The number of piperazine rings is 1. The Bertz CT molecular complexity index is 388. The van der Waals surface area contributed by atoms with E-state index in [1.165, 1.54) is 31.6 Å². The Morgan fingerprint density at radius 1 is 1.10 bits per heavy atom. The zero-order chi connectivity index (χ0) is 14.4. The Morgan fingerprint density at radius 3 is 2.35 bits per heavy atom. The second-order valence-corrected chi connectivity index (χ2v) is 6.55. The van der Waals surface area contributed by atoms with Crippen LogP contribution < -0.4 is 10.1 Å². The molecule has 2 rings (SSSR count). The lowest BCUT2D eigenvalue weighted by Gasteiger charge is -2.27. The lowest BCUT2D eigenvalue weighted by atomic mass is 10.1. The largest absolute Gasteiger partial charge is 0.488 e. The fraction of sp³-hybridized carbons (Fsp3) is 0.647. The predicted octanol–water partition coefficient (Wildman–Crippen LogP) is 2.70. The third-order valence-electron chi connectivity index (χ3n) is 3.50. The number of hydrogen-bond acceptors (Lipinski definition) is 3. The van der Waals surface area contributed by atoms with Crippen LogP contribution in [0.3, 0.4) is 0 Å². The first kappa shape index (κ1) is 15.3. The van der Waals surface area contributed by atoms with Crippen LogP contribution in [0, 0.1) is 0 Å². The lowest BCUT2D eigenvalue weighted by Crippen LogP contribution is -2.43. The lowest BCUT2D eigenvalue weighted by molar-refractivity contribution is 0.131. The minimum absolute atomic E-state index is 0.121. The molecule has 0 unspecified atom stereocenters. The quantitative estimate of drug-likeness (QED) is 0.895. The average Bonchev–Trinajstić information content (AvgIpc) is 2.40. The van der Waals surface area contributed by atoms with Gasteiger partial charge < -0.3 is 15.0 Å². The first-order valence-corrected chi connectivity index (χ1v) is 7.74. The summed E-state index contributed by atoms with van der Waals surface area (Å²) >= 11 is 0. The van der Waals surface area contributed by atoms with Gasteiger partial charge in [0.05, 0.1) is 0 Å². The van der Waals surface area contributed by atoms with Gasteiger partial charge in [0.2, 0.25) is 0 Å². The zero-order valence-electron chi connectivity index (χ0n) is 13.1. The molecule has 1 heterocycles. The van der Waals surface area contributed by atoms with E-state index in [9.17, 15) is 0 Å². The van der Waals surface area contributed by atoms with Gasteiger partial charge in [-0.1, -0.05) is 12.1 Å². The van der Waals surface area contributed by atoms with E-state index in [1.807, 2.05) is 0 Å². The smallest absolute Gasteiger partial charge is 0.120 e. The summed E-state index contributed by atoms with van der Waals surface area (Å²) in [5, 5.41) is 3.39. The first-order valence-electron chi connectivity index (χ1n) is 7.74. The van der Waals surface area contributed by atoms with Crippen molar-refractivity contribution in [2.45, 2.75) is 39.2 Å². The van der Waals surface area contributed by atoms with Crippen molar-refractivity contribution in [3.8, 4) is 5.75 Å². The second-order valence-electron chi connectivity index (χ2n) is 6.55. The molecule has 20 heavy (non-hydrogen) atoms. The summed E-state index contributed by atoms with van der Waals surface area (Å²) in [6, 6.07) is 8.56. The molecule has 0 aliphatic carbocycles. The maximum absolute atomic E-state index is 5.84. The molecular formula is C17H28N2O. The molecule has 0 saturated carbocycles. The molecule has 1 N–H and O–H groups in total. The Kier molecular flexibility index (Phi) is 5.44. The molecule has 1 aromatic rings. The maximum Gasteiger partial charge on any atom is 0.120 e. The van der Waals surface area contributed by atoms with Crippen LogP contribution in [0.4, 0.5) is 0 Å². The van der Waals surface area contributed by atoms with Crippen molar-refractivity contribution in [1.82, 2.24) is 10.2 Å².